The second-order valence-corrected chi connectivity index (χ2v) is 7.28. The average Bonchev–Trinajstić information content (AvgIpc) is 2.63. The zero-order valence-corrected chi connectivity index (χ0v) is 11.3. The van der Waals surface area contributed by atoms with Crippen molar-refractivity contribution < 1.29 is 13.2 Å². The summed E-state index contributed by atoms with van der Waals surface area (Å²) in [5, 5.41) is 3.25. The molecule has 0 spiro atoms. The van der Waals surface area contributed by atoms with Gasteiger partial charge in [-0.2, -0.15) is 0 Å². The summed E-state index contributed by atoms with van der Waals surface area (Å²) in [6.45, 7) is 7.22. The minimum atomic E-state index is -2.89. The molecule has 1 aliphatic rings. The van der Waals surface area contributed by atoms with Crippen LogP contribution in [0, 0.1) is 0 Å². The molecule has 0 saturated carbocycles. The van der Waals surface area contributed by atoms with Gasteiger partial charge < -0.3 is 10.1 Å². The van der Waals surface area contributed by atoms with Crippen molar-refractivity contribution in [2.75, 3.05) is 24.7 Å². The highest BCUT2D eigenvalue weighted by atomic mass is 32.2. The van der Waals surface area contributed by atoms with E-state index in [2.05, 4.69) is 12.2 Å². The molecule has 0 aromatic heterocycles. The van der Waals surface area contributed by atoms with Crippen LogP contribution in [0.4, 0.5) is 0 Å². The van der Waals surface area contributed by atoms with Crippen molar-refractivity contribution in [2.45, 2.75) is 45.3 Å². The molecule has 0 amide bonds. The van der Waals surface area contributed by atoms with Crippen LogP contribution < -0.4 is 5.32 Å². The first-order chi connectivity index (χ1) is 7.37. The zero-order chi connectivity index (χ0) is 12.2. The van der Waals surface area contributed by atoms with Crippen molar-refractivity contribution in [3.63, 3.8) is 0 Å². The normalized spacial score (nSPS) is 28.2. The van der Waals surface area contributed by atoms with Gasteiger partial charge in [-0.15, -0.1) is 0 Å². The molecule has 1 heterocycles. The van der Waals surface area contributed by atoms with Crippen LogP contribution in [0.5, 0.6) is 0 Å². The second kappa shape index (κ2) is 5.47. The predicted molar refractivity (Wildman–Crippen MR) is 65.4 cm³/mol. The molecule has 1 rings (SSSR count). The number of nitrogens with one attached hydrogen (secondary N) is 1. The zero-order valence-electron chi connectivity index (χ0n) is 10.5. The lowest BCUT2D eigenvalue weighted by atomic mass is 10.0. The second-order valence-electron chi connectivity index (χ2n) is 4.88. The topological polar surface area (TPSA) is 55.4 Å². The van der Waals surface area contributed by atoms with Gasteiger partial charge in [0.2, 0.25) is 0 Å². The number of hydrogen-bond donors (Lipinski definition) is 1. The summed E-state index contributed by atoms with van der Waals surface area (Å²) in [6, 6.07) is -0.00836. The van der Waals surface area contributed by atoms with E-state index >= 15 is 0 Å². The van der Waals surface area contributed by atoms with E-state index in [1.54, 1.807) is 6.92 Å². The Labute approximate surface area is 98.7 Å². The Hall–Kier alpha value is -0.130. The Bertz CT molecular complexity index is 307. The third-order valence-corrected chi connectivity index (χ3v) is 4.96. The van der Waals surface area contributed by atoms with Crippen LogP contribution in [0.3, 0.4) is 0 Å². The van der Waals surface area contributed by atoms with Gasteiger partial charge in [-0.25, -0.2) is 8.42 Å². The Kier molecular flexibility index (Phi) is 4.76. The largest absolute Gasteiger partial charge is 0.374 e. The van der Waals surface area contributed by atoms with Gasteiger partial charge in [0, 0.05) is 24.9 Å². The molecule has 1 saturated heterocycles. The fourth-order valence-corrected chi connectivity index (χ4v) is 3.04. The van der Waals surface area contributed by atoms with E-state index in [-0.39, 0.29) is 23.1 Å². The summed E-state index contributed by atoms with van der Waals surface area (Å²) < 4.78 is 28.5. The van der Waals surface area contributed by atoms with Crippen LogP contribution in [0.2, 0.25) is 0 Å². The molecule has 0 radical (unpaired) electrons. The molecule has 1 fully saturated rings. The maximum Gasteiger partial charge on any atom is 0.151 e. The lowest BCUT2D eigenvalue weighted by Gasteiger charge is -2.25. The fraction of sp³-hybridized carbons (Fsp3) is 1.00. The van der Waals surface area contributed by atoms with Gasteiger partial charge in [-0.05, 0) is 26.7 Å². The van der Waals surface area contributed by atoms with Crippen LogP contribution >= 0.6 is 0 Å². The highest BCUT2D eigenvalue weighted by molar-refractivity contribution is 7.91. The van der Waals surface area contributed by atoms with Crippen LogP contribution in [-0.4, -0.2) is 44.7 Å². The number of sulfone groups is 1. The molecule has 2 atom stereocenters. The maximum atomic E-state index is 11.4. The summed E-state index contributed by atoms with van der Waals surface area (Å²) in [7, 11) is -2.89. The van der Waals surface area contributed by atoms with Crippen molar-refractivity contribution in [1.29, 1.82) is 0 Å². The minimum Gasteiger partial charge on any atom is -0.374 e. The predicted octanol–water partition coefficient (Wildman–Crippen LogP) is 0.968. The summed E-state index contributed by atoms with van der Waals surface area (Å²) in [5.41, 5.74) is -0.107. The van der Waals surface area contributed by atoms with Gasteiger partial charge in [-0.1, -0.05) is 6.92 Å². The van der Waals surface area contributed by atoms with Gasteiger partial charge in [-0.3, -0.25) is 0 Å². The van der Waals surface area contributed by atoms with Crippen molar-refractivity contribution >= 4 is 9.84 Å². The molecule has 4 nitrogen and oxygen atoms in total. The van der Waals surface area contributed by atoms with Crippen LogP contribution in [0.1, 0.15) is 33.6 Å². The molecular formula is C11H23NO3S. The molecule has 0 bridgehead atoms. The molecule has 0 aromatic rings. The Balaban J connectivity index is 2.32. The third kappa shape index (κ3) is 4.39. The fourth-order valence-electron chi connectivity index (χ4n) is 1.92. The van der Waals surface area contributed by atoms with E-state index in [1.807, 2.05) is 6.92 Å². The molecule has 16 heavy (non-hydrogen) atoms. The van der Waals surface area contributed by atoms with E-state index in [4.69, 9.17) is 4.74 Å². The molecule has 2 unspecified atom stereocenters. The Morgan fingerprint density at radius 2 is 2.19 bits per heavy atom. The van der Waals surface area contributed by atoms with E-state index in [1.165, 1.54) is 0 Å². The van der Waals surface area contributed by atoms with Gasteiger partial charge >= 0.3 is 0 Å². The standard InChI is InChI=1S/C11H23NO3S/c1-4-16(13,14)8-10(2)12-9-11(3)6-5-7-15-11/h10,12H,4-9H2,1-3H3. The van der Waals surface area contributed by atoms with Crippen LogP contribution in [-0.2, 0) is 14.6 Å². The van der Waals surface area contributed by atoms with Crippen molar-refractivity contribution in [3.8, 4) is 0 Å². The molecule has 1 aliphatic heterocycles. The summed E-state index contributed by atoms with van der Waals surface area (Å²) >= 11 is 0. The van der Waals surface area contributed by atoms with Gasteiger partial charge in [0.25, 0.3) is 0 Å². The summed E-state index contributed by atoms with van der Waals surface area (Å²) in [4.78, 5) is 0. The first-order valence-corrected chi connectivity index (χ1v) is 7.77. The summed E-state index contributed by atoms with van der Waals surface area (Å²) in [6.07, 6.45) is 2.15. The lowest BCUT2D eigenvalue weighted by molar-refractivity contribution is 0.0196. The lowest BCUT2D eigenvalue weighted by Crippen LogP contribution is -2.43. The van der Waals surface area contributed by atoms with Crippen molar-refractivity contribution in [3.05, 3.63) is 0 Å². The Morgan fingerprint density at radius 1 is 1.50 bits per heavy atom. The first-order valence-electron chi connectivity index (χ1n) is 5.95. The van der Waals surface area contributed by atoms with Crippen LogP contribution in [0.25, 0.3) is 0 Å². The molecule has 0 aliphatic carbocycles. The van der Waals surface area contributed by atoms with Crippen LogP contribution in [0.15, 0.2) is 0 Å². The van der Waals surface area contributed by atoms with Crippen molar-refractivity contribution in [2.24, 2.45) is 0 Å². The smallest absolute Gasteiger partial charge is 0.151 e. The van der Waals surface area contributed by atoms with E-state index in [0.29, 0.717) is 0 Å². The first kappa shape index (κ1) is 13.9. The number of ether oxygens (including phenoxy) is 1. The van der Waals surface area contributed by atoms with E-state index in [9.17, 15) is 8.42 Å². The molecule has 0 aromatic carbocycles. The highest BCUT2D eigenvalue weighted by Gasteiger charge is 2.30. The number of hydrogen-bond acceptors (Lipinski definition) is 4. The van der Waals surface area contributed by atoms with Gasteiger partial charge in [0.05, 0.1) is 11.4 Å². The monoisotopic (exact) mass is 249 g/mol. The Morgan fingerprint density at radius 3 is 2.69 bits per heavy atom. The molecule has 1 N–H and O–H groups in total. The van der Waals surface area contributed by atoms with Crippen molar-refractivity contribution in [1.82, 2.24) is 5.32 Å². The summed E-state index contributed by atoms with van der Waals surface area (Å²) in [5.74, 6) is 0.423. The number of rotatable bonds is 6. The highest BCUT2D eigenvalue weighted by Crippen LogP contribution is 2.23. The quantitative estimate of drug-likeness (QED) is 0.762. The molecule has 96 valence electrons. The van der Waals surface area contributed by atoms with E-state index < -0.39 is 9.84 Å². The molecule has 5 heteroatoms. The van der Waals surface area contributed by atoms with Gasteiger partial charge in [0.15, 0.2) is 9.84 Å². The average molecular weight is 249 g/mol. The SMILES string of the molecule is CCS(=O)(=O)CC(C)NCC1(C)CCCO1. The minimum absolute atomic E-state index is 0.00836. The maximum absolute atomic E-state index is 11.4. The van der Waals surface area contributed by atoms with E-state index in [0.717, 1.165) is 26.0 Å². The molecular weight excluding hydrogens is 226 g/mol. The third-order valence-electron chi connectivity index (χ3n) is 3.07. The van der Waals surface area contributed by atoms with Gasteiger partial charge in [0.1, 0.15) is 0 Å².